The van der Waals surface area contributed by atoms with Gasteiger partial charge in [0.2, 0.25) is 5.91 Å². The van der Waals surface area contributed by atoms with Crippen LogP contribution in [-0.2, 0) is 11.2 Å². The van der Waals surface area contributed by atoms with Gasteiger partial charge in [-0.25, -0.2) is 4.98 Å². The number of carbonyl (C=O) groups is 1. The highest BCUT2D eigenvalue weighted by molar-refractivity contribution is 7.22. The van der Waals surface area contributed by atoms with Crippen molar-refractivity contribution in [3.8, 4) is 0 Å². The number of benzene rings is 2. The second kappa shape index (κ2) is 8.64. The van der Waals surface area contributed by atoms with E-state index in [-0.39, 0.29) is 5.91 Å². The van der Waals surface area contributed by atoms with Crippen LogP contribution in [-0.4, -0.2) is 43.0 Å². The molecule has 3 rings (SSSR count). The van der Waals surface area contributed by atoms with E-state index in [9.17, 15) is 4.79 Å². The van der Waals surface area contributed by atoms with Gasteiger partial charge in [-0.1, -0.05) is 35.1 Å². The van der Waals surface area contributed by atoms with Gasteiger partial charge in [-0.2, -0.15) is 0 Å². The summed E-state index contributed by atoms with van der Waals surface area (Å²) < 4.78 is 1.16. The van der Waals surface area contributed by atoms with Gasteiger partial charge in [-0.15, -0.1) is 0 Å². The first-order valence-electron chi connectivity index (χ1n) is 10.1. The lowest BCUT2D eigenvalue weighted by atomic mass is 9.97. The van der Waals surface area contributed by atoms with Gasteiger partial charge in [0.15, 0.2) is 5.13 Å². The van der Waals surface area contributed by atoms with Crippen LogP contribution in [0, 0.1) is 34.6 Å². The molecule has 0 aliphatic carbocycles. The molecule has 1 amide bonds. The lowest BCUT2D eigenvalue weighted by molar-refractivity contribution is -0.118. The van der Waals surface area contributed by atoms with Gasteiger partial charge in [-0.3, -0.25) is 9.69 Å². The number of thiazole rings is 1. The fraction of sp³-hybridized carbons (Fsp3) is 0.417. The number of likely N-dealkylation sites (N-methyl/N-ethyl adjacent to an activating group) is 1. The summed E-state index contributed by atoms with van der Waals surface area (Å²) in [5.74, 6) is 0.107. The molecule has 0 N–H and O–H groups in total. The lowest BCUT2D eigenvalue weighted by Crippen LogP contribution is -2.37. The Hall–Kier alpha value is -2.24. The van der Waals surface area contributed by atoms with Gasteiger partial charge in [0, 0.05) is 13.1 Å². The van der Waals surface area contributed by atoms with Crippen molar-refractivity contribution in [3.05, 3.63) is 57.6 Å². The summed E-state index contributed by atoms with van der Waals surface area (Å²) in [6, 6.07) is 8.59. The molecule has 0 saturated heterocycles. The summed E-state index contributed by atoms with van der Waals surface area (Å²) in [5.41, 5.74) is 8.12. The minimum atomic E-state index is 0.107. The van der Waals surface area contributed by atoms with E-state index in [2.05, 4.69) is 63.8 Å². The van der Waals surface area contributed by atoms with Crippen LogP contribution in [0.5, 0.6) is 0 Å². The van der Waals surface area contributed by atoms with E-state index in [1.54, 1.807) is 11.3 Å². The maximum atomic E-state index is 13.4. The Morgan fingerprint density at radius 1 is 0.897 bits per heavy atom. The Morgan fingerprint density at radius 3 is 2.10 bits per heavy atom. The van der Waals surface area contributed by atoms with E-state index in [0.29, 0.717) is 13.0 Å². The molecule has 154 valence electrons. The van der Waals surface area contributed by atoms with Crippen molar-refractivity contribution < 1.29 is 4.79 Å². The Balaban J connectivity index is 1.97. The van der Waals surface area contributed by atoms with E-state index in [1.165, 1.54) is 27.8 Å². The molecule has 3 aromatic rings. The first-order valence-corrected chi connectivity index (χ1v) is 10.9. The molecule has 1 heterocycles. The molecule has 29 heavy (non-hydrogen) atoms. The predicted octanol–water partition coefficient (Wildman–Crippen LogP) is 4.98. The summed E-state index contributed by atoms with van der Waals surface area (Å²) in [6.07, 6.45) is 0.402. The highest BCUT2D eigenvalue weighted by atomic mass is 32.1. The van der Waals surface area contributed by atoms with Crippen LogP contribution >= 0.6 is 11.3 Å². The maximum Gasteiger partial charge on any atom is 0.233 e. The van der Waals surface area contributed by atoms with Crippen molar-refractivity contribution in [2.75, 3.05) is 32.1 Å². The van der Waals surface area contributed by atoms with E-state index in [1.807, 2.05) is 19.0 Å². The van der Waals surface area contributed by atoms with Gasteiger partial charge in [-0.05, 0) is 82.6 Å². The highest BCUT2D eigenvalue weighted by Crippen LogP contribution is 2.32. The molecule has 0 aliphatic rings. The molecule has 2 aromatic carbocycles. The number of rotatable bonds is 6. The maximum absolute atomic E-state index is 13.4. The molecule has 0 atom stereocenters. The minimum absolute atomic E-state index is 0.107. The van der Waals surface area contributed by atoms with Crippen molar-refractivity contribution in [3.63, 3.8) is 0 Å². The van der Waals surface area contributed by atoms with E-state index in [0.717, 1.165) is 27.5 Å². The summed E-state index contributed by atoms with van der Waals surface area (Å²) in [6.45, 7) is 11.9. The van der Waals surface area contributed by atoms with Crippen LogP contribution in [0.3, 0.4) is 0 Å². The van der Waals surface area contributed by atoms with E-state index >= 15 is 0 Å². The smallest absolute Gasteiger partial charge is 0.233 e. The molecule has 0 saturated carbocycles. The van der Waals surface area contributed by atoms with Crippen molar-refractivity contribution >= 4 is 32.6 Å². The number of anilines is 1. The third-order valence-electron chi connectivity index (χ3n) is 5.28. The Bertz CT molecular complexity index is 1030. The third-order valence-corrected chi connectivity index (χ3v) is 6.51. The molecular formula is C24H31N3OS. The van der Waals surface area contributed by atoms with Gasteiger partial charge in [0.05, 0.1) is 16.6 Å². The molecule has 0 spiro atoms. The Morgan fingerprint density at radius 2 is 1.48 bits per heavy atom. The largest absolute Gasteiger partial charge is 0.308 e. The number of nitrogens with zero attached hydrogens (tertiary/aromatic N) is 3. The first kappa shape index (κ1) is 21.5. The Labute approximate surface area is 178 Å². The Kier molecular flexibility index (Phi) is 6.39. The standard InChI is InChI=1S/C24H31N3OS/c1-15-10-17(3)20(18(4)11-15)14-22(28)27(9-8-26(6)7)24-25-21-13-16(2)12-19(5)23(21)29-24/h10-13H,8-9,14H2,1-7H3. The molecule has 0 radical (unpaired) electrons. The van der Waals surface area contributed by atoms with Crippen molar-refractivity contribution in [1.82, 2.24) is 9.88 Å². The zero-order valence-corrected chi connectivity index (χ0v) is 19.4. The van der Waals surface area contributed by atoms with Gasteiger partial charge >= 0.3 is 0 Å². The van der Waals surface area contributed by atoms with E-state index in [4.69, 9.17) is 4.98 Å². The van der Waals surface area contributed by atoms with E-state index < -0.39 is 0 Å². The minimum Gasteiger partial charge on any atom is -0.308 e. The SMILES string of the molecule is Cc1cc(C)c(CC(=O)N(CCN(C)C)c2nc3cc(C)cc(C)c3s2)c(C)c1. The molecule has 0 bridgehead atoms. The molecule has 0 aliphatic heterocycles. The summed E-state index contributed by atoms with van der Waals surface area (Å²) >= 11 is 1.62. The summed E-state index contributed by atoms with van der Waals surface area (Å²) in [7, 11) is 4.06. The summed E-state index contributed by atoms with van der Waals surface area (Å²) in [5, 5.41) is 0.794. The zero-order chi connectivity index (χ0) is 21.3. The quantitative estimate of drug-likeness (QED) is 0.576. The molecule has 1 aromatic heterocycles. The van der Waals surface area contributed by atoms with Gasteiger partial charge < -0.3 is 4.90 Å². The van der Waals surface area contributed by atoms with Crippen LogP contribution in [0.2, 0.25) is 0 Å². The van der Waals surface area contributed by atoms with Crippen LogP contribution < -0.4 is 4.90 Å². The second-order valence-corrected chi connectivity index (χ2v) is 9.31. The lowest BCUT2D eigenvalue weighted by Gasteiger charge is -2.23. The van der Waals surface area contributed by atoms with Gasteiger partial charge in [0.1, 0.15) is 0 Å². The highest BCUT2D eigenvalue weighted by Gasteiger charge is 2.22. The number of amides is 1. The van der Waals surface area contributed by atoms with Crippen LogP contribution in [0.25, 0.3) is 10.2 Å². The average molecular weight is 410 g/mol. The number of hydrogen-bond acceptors (Lipinski definition) is 4. The fourth-order valence-electron chi connectivity index (χ4n) is 3.84. The zero-order valence-electron chi connectivity index (χ0n) is 18.6. The number of aromatic nitrogens is 1. The monoisotopic (exact) mass is 409 g/mol. The van der Waals surface area contributed by atoms with Crippen molar-refractivity contribution in [2.45, 2.75) is 41.0 Å². The van der Waals surface area contributed by atoms with Crippen LogP contribution in [0.15, 0.2) is 24.3 Å². The van der Waals surface area contributed by atoms with Gasteiger partial charge in [0.25, 0.3) is 0 Å². The molecule has 0 unspecified atom stereocenters. The number of hydrogen-bond donors (Lipinski definition) is 0. The topological polar surface area (TPSA) is 36.4 Å². The molecular weight excluding hydrogens is 378 g/mol. The number of carbonyl (C=O) groups excluding carboxylic acids is 1. The molecule has 0 fully saturated rings. The summed E-state index contributed by atoms with van der Waals surface area (Å²) in [4.78, 5) is 22.2. The average Bonchev–Trinajstić information content (AvgIpc) is 3.01. The van der Waals surface area contributed by atoms with Crippen LogP contribution in [0.4, 0.5) is 5.13 Å². The molecule has 4 nitrogen and oxygen atoms in total. The third kappa shape index (κ3) is 4.85. The fourth-order valence-corrected chi connectivity index (χ4v) is 4.90. The number of fused-ring (bicyclic) bond motifs is 1. The normalized spacial score (nSPS) is 11.4. The second-order valence-electron chi connectivity index (χ2n) is 8.33. The van der Waals surface area contributed by atoms with Crippen LogP contribution in [0.1, 0.15) is 33.4 Å². The first-order chi connectivity index (χ1) is 13.7. The van der Waals surface area contributed by atoms with Crippen molar-refractivity contribution in [1.29, 1.82) is 0 Å². The molecule has 5 heteroatoms. The predicted molar refractivity (Wildman–Crippen MR) is 124 cm³/mol. The number of aryl methyl sites for hydroxylation is 5. The van der Waals surface area contributed by atoms with Crippen molar-refractivity contribution in [2.24, 2.45) is 0 Å².